The lowest BCUT2D eigenvalue weighted by Crippen LogP contribution is -1.84. The molecule has 1 aromatic rings. The maximum Gasteiger partial charge on any atom is 0.328 e. The van der Waals surface area contributed by atoms with Crippen LogP contribution < -0.4 is 0 Å². The van der Waals surface area contributed by atoms with Gasteiger partial charge in [0.2, 0.25) is 0 Å². The minimum atomic E-state index is -0.928. The summed E-state index contributed by atoms with van der Waals surface area (Å²) in [5.74, 6) is -0.928. The number of carbonyl (C=O) groups is 1. The van der Waals surface area contributed by atoms with Crippen molar-refractivity contribution in [2.45, 2.75) is 0 Å². The van der Waals surface area contributed by atoms with E-state index in [1.54, 1.807) is 6.08 Å². The summed E-state index contributed by atoms with van der Waals surface area (Å²) in [5.41, 5.74) is 0.900. The summed E-state index contributed by atoms with van der Waals surface area (Å²) in [4.78, 5) is 10.1. The number of hydrogen-bond donors (Lipinski definition) is 1. The number of rotatable bonds is 2. The molecule has 0 saturated heterocycles. The van der Waals surface area contributed by atoms with Gasteiger partial charge in [-0.05, 0) is 39.0 Å². The first-order valence-corrected chi connectivity index (χ1v) is 4.51. The molecular formula is C7H5BrO2S. The summed E-state index contributed by atoms with van der Waals surface area (Å²) >= 11 is 4.82. The Bertz CT molecular complexity index is 290. The van der Waals surface area contributed by atoms with Crippen LogP contribution in [-0.4, -0.2) is 11.1 Å². The van der Waals surface area contributed by atoms with Crippen molar-refractivity contribution in [1.82, 2.24) is 0 Å². The van der Waals surface area contributed by atoms with Crippen molar-refractivity contribution < 1.29 is 9.90 Å². The summed E-state index contributed by atoms with van der Waals surface area (Å²) in [7, 11) is 0. The van der Waals surface area contributed by atoms with E-state index in [2.05, 4.69) is 15.9 Å². The van der Waals surface area contributed by atoms with E-state index in [1.165, 1.54) is 11.3 Å². The molecule has 0 radical (unpaired) electrons. The molecule has 2 nitrogen and oxygen atoms in total. The largest absolute Gasteiger partial charge is 0.478 e. The zero-order chi connectivity index (χ0) is 8.27. The molecule has 0 aliphatic heterocycles. The summed E-state index contributed by atoms with van der Waals surface area (Å²) in [6.07, 6.45) is 2.68. The Morgan fingerprint density at radius 1 is 1.73 bits per heavy atom. The van der Waals surface area contributed by atoms with Gasteiger partial charge in [-0.3, -0.25) is 0 Å². The fourth-order valence-electron chi connectivity index (χ4n) is 0.583. The first-order chi connectivity index (χ1) is 5.20. The van der Waals surface area contributed by atoms with Gasteiger partial charge in [0.1, 0.15) is 0 Å². The van der Waals surface area contributed by atoms with Crippen LogP contribution in [0.25, 0.3) is 6.08 Å². The van der Waals surface area contributed by atoms with Gasteiger partial charge in [-0.1, -0.05) is 0 Å². The average molecular weight is 233 g/mol. The monoisotopic (exact) mass is 232 g/mol. The van der Waals surface area contributed by atoms with Gasteiger partial charge in [0.25, 0.3) is 0 Å². The predicted octanol–water partition coefficient (Wildman–Crippen LogP) is 2.61. The molecule has 0 aliphatic rings. The minimum Gasteiger partial charge on any atom is -0.478 e. The molecule has 1 N–H and O–H groups in total. The maximum absolute atomic E-state index is 10.1. The lowest BCUT2D eigenvalue weighted by molar-refractivity contribution is -0.131. The van der Waals surface area contributed by atoms with Crippen molar-refractivity contribution in [3.05, 3.63) is 26.9 Å². The predicted molar refractivity (Wildman–Crippen MR) is 48.7 cm³/mol. The van der Waals surface area contributed by atoms with Gasteiger partial charge in [0, 0.05) is 6.08 Å². The Kier molecular flexibility index (Phi) is 2.84. The third-order valence-electron chi connectivity index (χ3n) is 1.05. The van der Waals surface area contributed by atoms with E-state index in [4.69, 9.17) is 5.11 Å². The number of aliphatic carboxylic acids is 1. The average Bonchev–Trinajstić information content (AvgIpc) is 2.31. The Morgan fingerprint density at radius 3 is 2.91 bits per heavy atom. The number of hydrogen-bond acceptors (Lipinski definition) is 2. The van der Waals surface area contributed by atoms with Crippen LogP contribution >= 0.6 is 27.3 Å². The molecule has 1 aromatic heterocycles. The standard InChI is InChI=1S/C7H5BrO2S/c8-7-5(3-4-11-7)1-2-6(9)10/h1-4H,(H,9,10)/b2-1+. The van der Waals surface area contributed by atoms with Crippen LogP contribution in [-0.2, 0) is 4.79 Å². The van der Waals surface area contributed by atoms with Gasteiger partial charge in [-0.2, -0.15) is 0 Å². The number of thiophene rings is 1. The Balaban J connectivity index is 2.79. The van der Waals surface area contributed by atoms with Gasteiger partial charge in [-0.15, -0.1) is 11.3 Å². The van der Waals surface area contributed by atoms with E-state index in [0.717, 1.165) is 15.4 Å². The third-order valence-corrected chi connectivity index (χ3v) is 2.78. The van der Waals surface area contributed by atoms with Crippen LogP contribution in [0.15, 0.2) is 21.3 Å². The van der Waals surface area contributed by atoms with E-state index >= 15 is 0 Å². The summed E-state index contributed by atoms with van der Waals surface area (Å²) in [6, 6.07) is 1.86. The molecule has 0 amide bonds. The van der Waals surface area contributed by atoms with Crippen molar-refractivity contribution in [2.75, 3.05) is 0 Å². The molecule has 0 bridgehead atoms. The fourth-order valence-corrected chi connectivity index (χ4v) is 1.78. The molecule has 0 aliphatic carbocycles. The highest BCUT2D eigenvalue weighted by Crippen LogP contribution is 2.24. The molecule has 0 unspecified atom stereocenters. The molecule has 0 aromatic carbocycles. The molecule has 0 fully saturated rings. The highest BCUT2D eigenvalue weighted by Gasteiger charge is 1.95. The van der Waals surface area contributed by atoms with E-state index in [0.29, 0.717) is 0 Å². The first kappa shape index (κ1) is 8.49. The lowest BCUT2D eigenvalue weighted by Gasteiger charge is -1.84. The molecule has 0 spiro atoms. The van der Waals surface area contributed by atoms with E-state index < -0.39 is 5.97 Å². The maximum atomic E-state index is 10.1. The SMILES string of the molecule is O=C(O)/C=C/c1ccsc1Br. The van der Waals surface area contributed by atoms with E-state index in [-0.39, 0.29) is 0 Å². The van der Waals surface area contributed by atoms with Crippen LogP contribution in [0, 0.1) is 0 Å². The topological polar surface area (TPSA) is 37.3 Å². The molecule has 0 atom stereocenters. The lowest BCUT2D eigenvalue weighted by atomic mass is 10.3. The quantitative estimate of drug-likeness (QED) is 0.797. The summed E-state index contributed by atoms with van der Waals surface area (Å²) in [5, 5.41) is 10.2. The molecule has 11 heavy (non-hydrogen) atoms. The van der Waals surface area contributed by atoms with Crippen LogP contribution in [0.5, 0.6) is 0 Å². The Hall–Kier alpha value is -0.610. The number of carboxylic acids is 1. The second-order valence-electron chi connectivity index (χ2n) is 1.82. The zero-order valence-electron chi connectivity index (χ0n) is 5.45. The zero-order valence-corrected chi connectivity index (χ0v) is 7.85. The van der Waals surface area contributed by atoms with E-state index in [1.807, 2.05) is 11.4 Å². The van der Waals surface area contributed by atoms with Crippen molar-refractivity contribution >= 4 is 39.3 Å². The highest BCUT2D eigenvalue weighted by atomic mass is 79.9. The van der Waals surface area contributed by atoms with Gasteiger partial charge in [-0.25, -0.2) is 4.79 Å². The highest BCUT2D eigenvalue weighted by molar-refractivity contribution is 9.11. The Labute approximate surface area is 76.3 Å². The molecule has 1 rings (SSSR count). The first-order valence-electron chi connectivity index (χ1n) is 2.84. The van der Waals surface area contributed by atoms with Crippen LogP contribution in [0.2, 0.25) is 0 Å². The molecule has 0 saturated carbocycles. The summed E-state index contributed by atoms with van der Waals surface area (Å²) < 4.78 is 0.954. The molecule has 58 valence electrons. The molecule has 1 heterocycles. The normalized spacial score (nSPS) is 10.6. The number of carboxylic acid groups (broad SMARTS) is 1. The van der Waals surface area contributed by atoms with Crippen molar-refractivity contribution in [3.63, 3.8) is 0 Å². The second kappa shape index (κ2) is 3.69. The Morgan fingerprint density at radius 2 is 2.45 bits per heavy atom. The molecular weight excluding hydrogens is 228 g/mol. The smallest absolute Gasteiger partial charge is 0.328 e. The molecule has 4 heteroatoms. The van der Waals surface area contributed by atoms with Gasteiger partial charge in [0.05, 0.1) is 3.79 Å². The van der Waals surface area contributed by atoms with E-state index in [9.17, 15) is 4.79 Å². The van der Waals surface area contributed by atoms with Crippen LogP contribution in [0.3, 0.4) is 0 Å². The fraction of sp³-hybridized carbons (Fsp3) is 0. The third kappa shape index (κ3) is 2.48. The van der Waals surface area contributed by atoms with Gasteiger partial charge < -0.3 is 5.11 Å². The van der Waals surface area contributed by atoms with Crippen molar-refractivity contribution in [1.29, 1.82) is 0 Å². The summed E-state index contributed by atoms with van der Waals surface area (Å²) in [6.45, 7) is 0. The van der Waals surface area contributed by atoms with Gasteiger partial charge >= 0.3 is 5.97 Å². The van der Waals surface area contributed by atoms with Gasteiger partial charge in [0.15, 0.2) is 0 Å². The minimum absolute atomic E-state index is 0.900. The van der Waals surface area contributed by atoms with Crippen LogP contribution in [0.1, 0.15) is 5.56 Å². The number of halogens is 1. The van der Waals surface area contributed by atoms with Crippen molar-refractivity contribution in [3.8, 4) is 0 Å². The van der Waals surface area contributed by atoms with Crippen molar-refractivity contribution in [2.24, 2.45) is 0 Å². The van der Waals surface area contributed by atoms with Crippen LogP contribution in [0.4, 0.5) is 0 Å². The second-order valence-corrected chi connectivity index (χ2v) is 4.06.